The lowest BCUT2D eigenvalue weighted by Gasteiger charge is -2.15. The first-order chi connectivity index (χ1) is 7.90. The first kappa shape index (κ1) is 14.0. The van der Waals surface area contributed by atoms with Gasteiger partial charge in [0, 0.05) is 5.02 Å². The molecule has 0 bridgehead atoms. The minimum absolute atomic E-state index is 0.180. The molecule has 0 aliphatic heterocycles. The number of rotatable bonds is 5. The largest absolute Gasteiger partial charge is 0.481 e. The van der Waals surface area contributed by atoms with Crippen molar-refractivity contribution in [2.45, 2.75) is 26.7 Å². The number of carbonyl (C=O) groups is 1. The molecule has 1 rings (SSSR count). The highest BCUT2D eigenvalue weighted by Gasteiger charge is 2.21. The van der Waals surface area contributed by atoms with Crippen molar-refractivity contribution >= 4 is 17.6 Å². The average molecular weight is 259 g/mol. The first-order valence-electron chi connectivity index (χ1n) is 5.57. The van der Waals surface area contributed by atoms with E-state index in [0.29, 0.717) is 17.0 Å². The van der Waals surface area contributed by atoms with E-state index < -0.39 is 17.7 Å². The van der Waals surface area contributed by atoms with Gasteiger partial charge in [0.2, 0.25) is 0 Å². The van der Waals surface area contributed by atoms with E-state index in [9.17, 15) is 9.18 Å². The van der Waals surface area contributed by atoms with Crippen LogP contribution in [0.15, 0.2) is 18.2 Å². The molecule has 1 aromatic carbocycles. The average Bonchev–Trinajstić information content (AvgIpc) is 2.21. The van der Waals surface area contributed by atoms with Crippen molar-refractivity contribution in [1.29, 1.82) is 0 Å². The van der Waals surface area contributed by atoms with Gasteiger partial charge in [0.1, 0.15) is 5.82 Å². The molecule has 1 atom stereocenters. The van der Waals surface area contributed by atoms with Crippen molar-refractivity contribution in [3.05, 3.63) is 34.6 Å². The number of carboxylic acid groups (broad SMARTS) is 1. The fourth-order valence-electron chi connectivity index (χ4n) is 1.81. The maximum Gasteiger partial charge on any atom is 0.306 e. The Kier molecular flexibility index (Phi) is 4.94. The van der Waals surface area contributed by atoms with E-state index in [4.69, 9.17) is 16.7 Å². The van der Waals surface area contributed by atoms with Gasteiger partial charge >= 0.3 is 5.97 Å². The van der Waals surface area contributed by atoms with Crippen LogP contribution < -0.4 is 0 Å². The van der Waals surface area contributed by atoms with Crippen LogP contribution in [0.25, 0.3) is 0 Å². The highest BCUT2D eigenvalue weighted by atomic mass is 35.5. The van der Waals surface area contributed by atoms with Crippen LogP contribution in [0.4, 0.5) is 4.39 Å². The van der Waals surface area contributed by atoms with Gasteiger partial charge in [-0.15, -0.1) is 0 Å². The fourth-order valence-corrected chi connectivity index (χ4v) is 2.00. The third-order valence-corrected chi connectivity index (χ3v) is 2.81. The molecule has 0 saturated carbocycles. The zero-order valence-corrected chi connectivity index (χ0v) is 10.7. The van der Waals surface area contributed by atoms with E-state index >= 15 is 0 Å². The van der Waals surface area contributed by atoms with Crippen LogP contribution in [-0.2, 0) is 11.2 Å². The molecule has 94 valence electrons. The van der Waals surface area contributed by atoms with Gasteiger partial charge in [-0.2, -0.15) is 0 Å². The molecule has 0 amide bonds. The SMILES string of the molecule is CC(C)CC(Cc1cc(Cl)ccc1F)C(=O)O. The van der Waals surface area contributed by atoms with E-state index in [1.807, 2.05) is 13.8 Å². The maximum atomic E-state index is 13.5. The minimum Gasteiger partial charge on any atom is -0.481 e. The molecule has 1 N–H and O–H groups in total. The molecular weight excluding hydrogens is 243 g/mol. The normalized spacial score (nSPS) is 12.8. The predicted molar refractivity (Wildman–Crippen MR) is 65.7 cm³/mol. The van der Waals surface area contributed by atoms with Gasteiger partial charge in [0.25, 0.3) is 0 Å². The van der Waals surface area contributed by atoms with Gasteiger partial charge in [-0.05, 0) is 42.5 Å². The molecule has 1 unspecified atom stereocenters. The summed E-state index contributed by atoms with van der Waals surface area (Å²) in [4.78, 5) is 11.1. The summed E-state index contributed by atoms with van der Waals surface area (Å²) in [6.07, 6.45) is 0.710. The standard InChI is InChI=1S/C13H16ClFO2/c1-8(2)5-10(13(16)17)6-9-7-11(14)3-4-12(9)15/h3-4,7-8,10H,5-6H2,1-2H3,(H,16,17). The van der Waals surface area contributed by atoms with E-state index in [1.54, 1.807) is 0 Å². The lowest BCUT2D eigenvalue weighted by Crippen LogP contribution is -2.19. The van der Waals surface area contributed by atoms with Crippen molar-refractivity contribution in [2.24, 2.45) is 11.8 Å². The van der Waals surface area contributed by atoms with Gasteiger partial charge in [-0.25, -0.2) is 4.39 Å². The number of aliphatic carboxylic acids is 1. The lowest BCUT2D eigenvalue weighted by molar-refractivity contribution is -0.142. The predicted octanol–water partition coefficient (Wildman–Crippen LogP) is 3.77. The van der Waals surface area contributed by atoms with Crippen LogP contribution in [0.2, 0.25) is 5.02 Å². The molecule has 0 aliphatic rings. The van der Waals surface area contributed by atoms with Gasteiger partial charge < -0.3 is 5.11 Å². The van der Waals surface area contributed by atoms with Gasteiger partial charge in [-0.3, -0.25) is 4.79 Å². The Morgan fingerprint density at radius 3 is 2.65 bits per heavy atom. The fraction of sp³-hybridized carbons (Fsp3) is 0.462. The summed E-state index contributed by atoms with van der Waals surface area (Å²) in [6, 6.07) is 4.22. The van der Waals surface area contributed by atoms with Gasteiger partial charge in [0.15, 0.2) is 0 Å². The topological polar surface area (TPSA) is 37.3 Å². The Morgan fingerprint density at radius 1 is 1.47 bits per heavy atom. The smallest absolute Gasteiger partial charge is 0.306 e. The van der Waals surface area contributed by atoms with E-state index in [1.165, 1.54) is 18.2 Å². The molecule has 0 radical (unpaired) electrons. The molecule has 0 spiro atoms. The highest BCUT2D eigenvalue weighted by Crippen LogP contribution is 2.22. The molecule has 4 heteroatoms. The van der Waals surface area contributed by atoms with Crippen molar-refractivity contribution in [3.63, 3.8) is 0 Å². The molecule has 2 nitrogen and oxygen atoms in total. The zero-order valence-electron chi connectivity index (χ0n) is 9.91. The third-order valence-electron chi connectivity index (χ3n) is 2.58. The molecule has 0 aliphatic carbocycles. The number of halogens is 2. The van der Waals surface area contributed by atoms with Crippen molar-refractivity contribution in [2.75, 3.05) is 0 Å². The summed E-state index contributed by atoms with van der Waals surface area (Å²) in [6.45, 7) is 3.90. The number of carboxylic acids is 1. The van der Waals surface area contributed by atoms with Crippen molar-refractivity contribution < 1.29 is 14.3 Å². The summed E-state index contributed by atoms with van der Waals surface area (Å²) < 4.78 is 13.5. The number of hydrogen-bond acceptors (Lipinski definition) is 1. The lowest BCUT2D eigenvalue weighted by atomic mass is 9.91. The Balaban J connectivity index is 2.85. The van der Waals surface area contributed by atoms with E-state index in [2.05, 4.69) is 0 Å². The van der Waals surface area contributed by atoms with Crippen LogP contribution in [0.3, 0.4) is 0 Å². The molecule has 1 aromatic rings. The Hall–Kier alpha value is -1.09. The number of benzene rings is 1. The molecule has 0 saturated heterocycles. The quantitative estimate of drug-likeness (QED) is 0.873. The van der Waals surface area contributed by atoms with Crippen LogP contribution in [0.5, 0.6) is 0 Å². The minimum atomic E-state index is -0.891. The second-order valence-corrected chi connectivity index (χ2v) is 5.04. The molecule has 0 heterocycles. The van der Waals surface area contributed by atoms with E-state index in [-0.39, 0.29) is 12.3 Å². The number of hydrogen-bond donors (Lipinski definition) is 1. The zero-order chi connectivity index (χ0) is 13.0. The van der Waals surface area contributed by atoms with Crippen molar-refractivity contribution in [3.8, 4) is 0 Å². The van der Waals surface area contributed by atoms with Crippen LogP contribution in [0, 0.1) is 17.7 Å². The first-order valence-corrected chi connectivity index (χ1v) is 5.94. The molecule has 17 heavy (non-hydrogen) atoms. The Morgan fingerprint density at radius 2 is 2.12 bits per heavy atom. The van der Waals surface area contributed by atoms with Gasteiger partial charge in [0.05, 0.1) is 5.92 Å². The summed E-state index contributed by atoms with van der Waals surface area (Å²) in [5.41, 5.74) is 0.366. The molecule has 0 aromatic heterocycles. The summed E-state index contributed by atoms with van der Waals surface area (Å²) in [5, 5.41) is 9.51. The maximum absolute atomic E-state index is 13.5. The summed E-state index contributed by atoms with van der Waals surface area (Å²) in [7, 11) is 0. The highest BCUT2D eigenvalue weighted by molar-refractivity contribution is 6.30. The van der Waals surface area contributed by atoms with Crippen LogP contribution >= 0.6 is 11.6 Å². The Labute approximate surface area is 105 Å². The molecular formula is C13H16ClFO2. The van der Waals surface area contributed by atoms with Crippen LogP contribution in [0.1, 0.15) is 25.8 Å². The second-order valence-electron chi connectivity index (χ2n) is 4.60. The molecule has 0 fully saturated rings. The van der Waals surface area contributed by atoms with Crippen LogP contribution in [-0.4, -0.2) is 11.1 Å². The summed E-state index contributed by atoms with van der Waals surface area (Å²) >= 11 is 5.77. The Bertz CT molecular complexity index is 404. The monoisotopic (exact) mass is 258 g/mol. The van der Waals surface area contributed by atoms with Crippen molar-refractivity contribution in [1.82, 2.24) is 0 Å². The van der Waals surface area contributed by atoms with Gasteiger partial charge in [-0.1, -0.05) is 25.4 Å². The summed E-state index contributed by atoms with van der Waals surface area (Å²) in [5.74, 6) is -1.59. The van der Waals surface area contributed by atoms with E-state index in [0.717, 1.165) is 0 Å². The third kappa shape index (κ3) is 4.35. The second kappa shape index (κ2) is 6.01.